The van der Waals surface area contributed by atoms with Crippen LogP contribution in [0.3, 0.4) is 0 Å². The number of nitro benzene ring substituents is 1. The van der Waals surface area contributed by atoms with Crippen molar-refractivity contribution in [2.24, 2.45) is 5.92 Å². The molecular formula is C14H19N3O3. The lowest BCUT2D eigenvalue weighted by molar-refractivity contribution is -0.383. The minimum atomic E-state index is -0.466. The van der Waals surface area contributed by atoms with Crippen molar-refractivity contribution in [3.05, 3.63) is 33.9 Å². The molecule has 6 nitrogen and oxygen atoms in total. The van der Waals surface area contributed by atoms with E-state index in [9.17, 15) is 14.9 Å². The Kier molecular flexibility index (Phi) is 4.55. The lowest BCUT2D eigenvalue weighted by Gasteiger charge is -2.11. The van der Waals surface area contributed by atoms with Crippen LogP contribution in [-0.2, 0) is 0 Å². The molecule has 0 unspecified atom stereocenters. The number of anilines is 1. The number of carbonyl (C=O) groups is 1. The summed E-state index contributed by atoms with van der Waals surface area (Å²) in [5.41, 5.74) is 0.765. The fraction of sp³-hybridized carbons (Fsp3) is 0.500. The average Bonchev–Trinajstić information content (AvgIpc) is 2.97. The normalized spacial score (nSPS) is 15.1. The van der Waals surface area contributed by atoms with Gasteiger partial charge in [-0.3, -0.25) is 14.9 Å². The molecule has 1 aliphatic rings. The predicted octanol–water partition coefficient (Wildman–Crippen LogP) is 2.56. The van der Waals surface area contributed by atoms with Crippen LogP contribution in [-0.4, -0.2) is 24.4 Å². The van der Waals surface area contributed by atoms with Crippen LogP contribution in [0, 0.1) is 16.0 Å². The highest BCUT2D eigenvalue weighted by Gasteiger charge is 2.18. The van der Waals surface area contributed by atoms with E-state index in [1.54, 1.807) is 7.05 Å². The van der Waals surface area contributed by atoms with Crippen LogP contribution in [0.5, 0.6) is 0 Å². The van der Waals surface area contributed by atoms with Crippen LogP contribution in [0.15, 0.2) is 18.2 Å². The topological polar surface area (TPSA) is 84.3 Å². The van der Waals surface area contributed by atoms with Gasteiger partial charge >= 0.3 is 0 Å². The third-order valence-corrected chi connectivity index (χ3v) is 3.75. The van der Waals surface area contributed by atoms with E-state index in [0.29, 0.717) is 23.7 Å². The van der Waals surface area contributed by atoms with Crippen LogP contribution in [0.4, 0.5) is 11.4 Å². The highest BCUT2D eigenvalue weighted by atomic mass is 16.6. The molecule has 0 saturated heterocycles. The number of nitro groups is 1. The molecule has 0 radical (unpaired) electrons. The minimum absolute atomic E-state index is 0.0279. The molecule has 0 atom stereocenters. The Bertz CT molecular complexity index is 510. The molecule has 1 aromatic rings. The summed E-state index contributed by atoms with van der Waals surface area (Å²) >= 11 is 0. The summed E-state index contributed by atoms with van der Waals surface area (Å²) in [6.45, 7) is 0.685. The molecule has 1 saturated carbocycles. The van der Waals surface area contributed by atoms with Gasteiger partial charge in [0.15, 0.2) is 0 Å². The van der Waals surface area contributed by atoms with Crippen molar-refractivity contribution in [1.29, 1.82) is 0 Å². The third-order valence-electron chi connectivity index (χ3n) is 3.75. The molecule has 20 heavy (non-hydrogen) atoms. The number of rotatable bonds is 5. The zero-order valence-corrected chi connectivity index (χ0v) is 11.5. The molecule has 1 amide bonds. The van der Waals surface area contributed by atoms with E-state index in [1.807, 2.05) is 0 Å². The van der Waals surface area contributed by atoms with Gasteiger partial charge in [0.05, 0.1) is 4.92 Å². The van der Waals surface area contributed by atoms with Crippen LogP contribution >= 0.6 is 0 Å². The largest absolute Gasteiger partial charge is 0.383 e. The summed E-state index contributed by atoms with van der Waals surface area (Å²) in [7, 11) is 1.60. The standard InChI is InChI=1S/C14H19N3O3/c1-15-12-8-11(6-7-13(12)17(19)20)14(18)16-9-10-4-2-3-5-10/h6-8,10,15H,2-5,9H2,1H3,(H,16,18). The van der Waals surface area contributed by atoms with Crippen LogP contribution in [0.1, 0.15) is 36.0 Å². The van der Waals surface area contributed by atoms with E-state index < -0.39 is 4.92 Å². The molecule has 1 aromatic carbocycles. The zero-order chi connectivity index (χ0) is 14.5. The minimum Gasteiger partial charge on any atom is -0.383 e. The van der Waals surface area contributed by atoms with Crippen LogP contribution < -0.4 is 10.6 Å². The monoisotopic (exact) mass is 277 g/mol. The van der Waals surface area contributed by atoms with Crippen molar-refractivity contribution in [3.63, 3.8) is 0 Å². The number of hydrogen-bond acceptors (Lipinski definition) is 4. The lowest BCUT2D eigenvalue weighted by Crippen LogP contribution is -2.28. The number of nitrogens with zero attached hydrogens (tertiary/aromatic N) is 1. The lowest BCUT2D eigenvalue weighted by atomic mass is 10.1. The fourth-order valence-corrected chi connectivity index (χ4v) is 2.59. The van der Waals surface area contributed by atoms with Gasteiger partial charge in [0.25, 0.3) is 11.6 Å². The average molecular weight is 277 g/mol. The molecule has 0 aromatic heterocycles. The highest BCUT2D eigenvalue weighted by molar-refractivity contribution is 5.95. The van der Waals surface area contributed by atoms with E-state index in [-0.39, 0.29) is 11.6 Å². The number of carbonyl (C=O) groups excluding carboxylic acids is 1. The number of amides is 1. The van der Waals surface area contributed by atoms with Gasteiger partial charge in [0, 0.05) is 25.2 Å². The maximum atomic E-state index is 12.0. The van der Waals surface area contributed by atoms with E-state index in [4.69, 9.17) is 0 Å². The highest BCUT2D eigenvalue weighted by Crippen LogP contribution is 2.26. The van der Waals surface area contributed by atoms with Crippen molar-refractivity contribution in [1.82, 2.24) is 5.32 Å². The Morgan fingerprint density at radius 1 is 1.40 bits per heavy atom. The van der Waals surface area contributed by atoms with Crippen molar-refractivity contribution in [3.8, 4) is 0 Å². The number of nitrogens with one attached hydrogen (secondary N) is 2. The second-order valence-electron chi connectivity index (χ2n) is 5.10. The quantitative estimate of drug-likeness (QED) is 0.640. The molecule has 108 valence electrons. The van der Waals surface area contributed by atoms with Gasteiger partial charge in [-0.1, -0.05) is 12.8 Å². The summed E-state index contributed by atoms with van der Waals surface area (Å²) in [6.07, 6.45) is 4.81. The Morgan fingerprint density at radius 2 is 2.10 bits per heavy atom. The van der Waals surface area contributed by atoms with Crippen molar-refractivity contribution in [2.45, 2.75) is 25.7 Å². The Morgan fingerprint density at radius 3 is 2.70 bits per heavy atom. The number of benzene rings is 1. The van der Waals surface area contributed by atoms with Gasteiger partial charge in [0.1, 0.15) is 5.69 Å². The van der Waals surface area contributed by atoms with Crippen molar-refractivity contribution >= 4 is 17.3 Å². The molecule has 0 bridgehead atoms. The van der Waals surface area contributed by atoms with Gasteiger partial charge < -0.3 is 10.6 Å². The van der Waals surface area contributed by atoms with Crippen molar-refractivity contribution < 1.29 is 9.72 Å². The second kappa shape index (κ2) is 6.36. The Labute approximate surface area is 117 Å². The first-order valence-electron chi connectivity index (χ1n) is 6.86. The SMILES string of the molecule is CNc1cc(C(=O)NCC2CCCC2)ccc1[N+](=O)[O-]. The predicted molar refractivity (Wildman–Crippen MR) is 76.9 cm³/mol. The van der Waals surface area contributed by atoms with Crippen molar-refractivity contribution in [2.75, 3.05) is 18.9 Å². The van der Waals surface area contributed by atoms with Gasteiger partial charge in [0.2, 0.25) is 0 Å². The van der Waals surface area contributed by atoms with Gasteiger partial charge in [-0.15, -0.1) is 0 Å². The number of hydrogen-bond donors (Lipinski definition) is 2. The maximum absolute atomic E-state index is 12.0. The van der Waals surface area contributed by atoms with Gasteiger partial charge in [-0.05, 0) is 30.9 Å². The molecule has 2 rings (SSSR count). The second-order valence-corrected chi connectivity index (χ2v) is 5.10. The molecular weight excluding hydrogens is 258 g/mol. The Hall–Kier alpha value is -2.11. The molecule has 1 aliphatic carbocycles. The smallest absolute Gasteiger partial charge is 0.292 e. The summed E-state index contributed by atoms with van der Waals surface area (Å²) in [4.78, 5) is 22.4. The first kappa shape index (κ1) is 14.3. The van der Waals surface area contributed by atoms with Crippen LogP contribution in [0.2, 0.25) is 0 Å². The molecule has 0 spiro atoms. The summed E-state index contributed by atoms with van der Waals surface area (Å²) < 4.78 is 0. The van der Waals surface area contributed by atoms with Gasteiger partial charge in [-0.25, -0.2) is 0 Å². The van der Waals surface area contributed by atoms with Crippen LogP contribution in [0.25, 0.3) is 0 Å². The summed E-state index contributed by atoms with van der Waals surface area (Å²) in [5, 5.41) is 16.5. The fourth-order valence-electron chi connectivity index (χ4n) is 2.59. The third kappa shape index (κ3) is 3.26. The first-order valence-corrected chi connectivity index (χ1v) is 6.86. The zero-order valence-electron chi connectivity index (χ0n) is 11.5. The summed E-state index contributed by atoms with van der Waals surface area (Å²) in [6, 6.07) is 4.36. The van der Waals surface area contributed by atoms with E-state index in [1.165, 1.54) is 43.9 Å². The molecule has 0 aliphatic heterocycles. The first-order chi connectivity index (χ1) is 9.61. The molecule has 1 fully saturated rings. The maximum Gasteiger partial charge on any atom is 0.292 e. The summed E-state index contributed by atoms with van der Waals surface area (Å²) in [5.74, 6) is 0.393. The molecule has 0 heterocycles. The molecule has 6 heteroatoms. The molecule has 2 N–H and O–H groups in total. The van der Waals surface area contributed by atoms with E-state index >= 15 is 0 Å². The van der Waals surface area contributed by atoms with E-state index in [2.05, 4.69) is 10.6 Å². The van der Waals surface area contributed by atoms with E-state index in [0.717, 1.165) is 0 Å². The Balaban J connectivity index is 2.03. The van der Waals surface area contributed by atoms with Gasteiger partial charge in [-0.2, -0.15) is 0 Å².